The molecule has 0 aliphatic carbocycles. The van der Waals surface area contributed by atoms with Crippen LogP contribution in [0.15, 0.2) is 0 Å². The largest absolute Gasteiger partial charge is 1.00 e. The van der Waals surface area contributed by atoms with Crippen LogP contribution >= 0.6 is 33.0 Å². The van der Waals surface area contributed by atoms with Gasteiger partial charge in [0, 0.05) is 0 Å². The molecule has 0 aromatic rings. The second kappa shape index (κ2) is 35.3. The summed E-state index contributed by atoms with van der Waals surface area (Å²) >= 11 is 0. The molecule has 20 heteroatoms. The van der Waals surface area contributed by atoms with Crippen LogP contribution < -0.4 is 167 Å². The Morgan fingerprint density at radius 3 is 0.600 bits per heavy atom. The van der Waals surface area contributed by atoms with Crippen molar-refractivity contribution in [1.82, 2.24) is 0 Å². The van der Waals surface area contributed by atoms with E-state index in [1.165, 1.54) is 0 Å². The van der Waals surface area contributed by atoms with Crippen LogP contribution in [0, 0.1) is 0 Å². The molecule has 4 atom stereocenters. The van der Waals surface area contributed by atoms with Gasteiger partial charge in [-0.05, 0) is 18.3 Å². The van der Waals surface area contributed by atoms with Gasteiger partial charge in [0.1, 0.15) is 8.62 Å². The summed E-state index contributed by atoms with van der Waals surface area (Å²) in [6.45, 7) is 0. The molecule has 0 spiro atoms. The van der Waals surface area contributed by atoms with E-state index in [0.717, 1.165) is 0 Å². The third kappa shape index (κ3) is 65.7. The maximum Gasteiger partial charge on any atom is 1.00 e. The van der Waals surface area contributed by atoms with Crippen molar-refractivity contribution in [3.8, 4) is 0 Å². The summed E-state index contributed by atoms with van der Waals surface area (Å²) in [5.41, 5.74) is 0. The van der Waals surface area contributed by atoms with Crippen LogP contribution in [0.1, 0.15) is 0 Å². The van der Waals surface area contributed by atoms with Gasteiger partial charge in [0.25, 0.3) is 0 Å². The second-order valence-corrected chi connectivity index (χ2v) is 4.15. The summed E-state index contributed by atoms with van der Waals surface area (Å²) < 4.78 is 43.3. The van der Waals surface area contributed by atoms with Crippen molar-refractivity contribution >= 4 is 33.0 Å². The minimum atomic E-state index is -3.24. The molecule has 4 unspecified atom stereocenters. The molecule has 0 rings (SSSR count). The van der Waals surface area contributed by atoms with Crippen molar-refractivity contribution in [2.45, 2.75) is 0 Å². The first-order valence-electron chi connectivity index (χ1n) is 2.19. The smallest absolute Gasteiger partial charge is 0.870 e. The molecule has 0 aromatic carbocycles. The summed E-state index contributed by atoms with van der Waals surface area (Å²) in [6.07, 6.45) is 0. The fraction of sp³-hybridized carbons (Fsp3) is 0. The Bertz CT molecular complexity index is 207. The van der Waals surface area contributed by atoms with E-state index in [1.54, 1.807) is 0 Å². The summed E-state index contributed by atoms with van der Waals surface area (Å²) in [7, 11) is -12.9. The Hall–Kier alpha value is 5.12. The first-order valence-corrected chi connectivity index (χ1v) is 6.57. The zero-order chi connectivity index (χ0) is 11.7. The van der Waals surface area contributed by atoms with Gasteiger partial charge < -0.3 is 25.0 Å². The summed E-state index contributed by atoms with van der Waals surface area (Å²) in [4.78, 5) is 37.0. The van der Waals surface area contributed by atoms with Gasteiger partial charge >= 0.3 is 181 Å². The Kier molecular flexibility index (Phi) is 87.9. The molecule has 0 saturated carbocycles. The van der Waals surface area contributed by atoms with Gasteiger partial charge in [-0.2, -0.15) is 0 Å². The predicted octanol–water partition coefficient (Wildman–Crippen LogP) is -17.1. The van der Waals surface area contributed by atoms with E-state index >= 15 is 0 Å². The first-order chi connectivity index (χ1) is 6.25. The Labute approximate surface area is 228 Å². The van der Waals surface area contributed by atoms with Crippen LogP contribution in [0.25, 0.3) is 0 Å². The molecule has 88 valence electrons. The molecule has 0 heterocycles. The van der Waals surface area contributed by atoms with E-state index in [9.17, 15) is 37.8 Å². The fourth-order valence-electron chi connectivity index (χ4n) is 0.109. The quantitative estimate of drug-likeness (QED) is 0.310. The topological polar surface area (TPSA) is 209 Å². The fourth-order valence-corrected chi connectivity index (χ4v) is 0.980. The molecule has 0 aliphatic rings. The molecule has 11 nitrogen and oxygen atoms in total. The molecular weight excluding hydrogens is 415 g/mol. The molecular formula is HNa5O11P4+4. The molecule has 0 aliphatic heterocycles. The van der Waals surface area contributed by atoms with E-state index < -0.39 is 33.0 Å². The van der Waals surface area contributed by atoms with E-state index in [0.29, 0.717) is 0 Å². The minimum absolute atomic E-state index is 0. The maximum absolute atomic E-state index is 9.24. The molecule has 1 N–H and O–H groups in total. The van der Waals surface area contributed by atoms with Gasteiger partial charge in [0.15, 0.2) is 0 Å². The van der Waals surface area contributed by atoms with Crippen LogP contribution in [-0.4, -0.2) is 5.48 Å². The summed E-state index contributed by atoms with van der Waals surface area (Å²) in [5, 5.41) is 0. The average molecular weight is 416 g/mol. The van der Waals surface area contributed by atoms with Crippen molar-refractivity contribution in [3.05, 3.63) is 0 Å². The van der Waals surface area contributed by atoms with Crippen LogP contribution in [0.5, 0.6) is 0 Å². The van der Waals surface area contributed by atoms with E-state index in [1.807, 2.05) is 0 Å². The Balaban J connectivity index is -0.0000000185. The second-order valence-electron chi connectivity index (χ2n) is 1.06. The van der Waals surface area contributed by atoms with E-state index in [4.69, 9.17) is 0 Å². The average Bonchev–Trinajstić information content (AvgIpc) is 1.79. The van der Waals surface area contributed by atoms with Crippen molar-refractivity contribution in [2.24, 2.45) is 0 Å². The van der Waals surface area contributed by atoms with Crippen molar-refractivity contribution in [1.29, 1.82) is 0 Å². The van der Waals surface area contributed by atoms with Gasteiger partial charge in [-0.3, -0.25) is 0 Å². The van der Waals surface area contributed by atoms with E-state index in [-0.39, 0.29) is 153 Å². The normalized spacial score (nSPS) is 9.40. The molecule has 0 amide bonds. The number of hydrogen-bond acceptors (Lipinski definition) is 11. The van der Waals surface area contributed by atoms with Gasteiger partial charge in [-0.15, -0.1) is 0 Å². The first kappa shape index (κ1) is 49.9. The number of rotatable bonds is 4. The summed E-state index contributed by atoms with van der Waals surface area (Å²) in [6, 6.07) is 0. The zero-order valence-electron chi connectivity index (χ0n) is 11.3. The molecule has 0 radical (unpaired) electrons. The third-order valence-electron chi connectivity index (χ3n) is 0.267. The summed E-state index contributed by atoms with van der Waals surface area (Å²) in [5.74, 6) is 0. The molecule has 0 saturated heterocycles. The van der Waals surface area contributed by atoms with Crippen molar-refractivity contribution in [2.75, 3.05) is 0 Å². The minimum Gasteiger partial charge on any atom is -0.870 e. The van der Waals surface area contributed by atoms with Gasteiger partial charge in [0.05, 0.1) is 0 Å². The SMILES string of the molecule is O=[P+]([O-])O[P+](=O)[O-].O=[P+]([O-])O[P+](=O)[O-].[Na+].[Na+].[Na+].[Na+].[Na+].[OH-]. The van der Waals surface area contributed by atoms with E-state index in [2.05, 4.69) is 8.62 Å². The van der Waals surface area contributed by atoms with Crippen molar-refractivity contribution in [3.63, 3.8) is 0 Å². The van der Waals surface area contributed by atoms with Crippen LogP contribution in [0.3, 0.4) is 0 Å². The van der Waals surface area contributed by atoms with Gasteiger partial charge in [-0.1, -0.05) is 0 Å². The number of hydrogen-bond donors (Lipinski definition) is 0. The van der Waals surface area contributed by atoms with Gasteiger partial charge in [0.2, 0.25) is 0 Å². The van der Waals surface area contributed by atoms with Gasteiger partial charge in [-0.25, -0.2) is 0 Å². The third-order valence-corrected chi connectivity index (χ3v) is 2.40. The van der Waals surface area contributed by atoms with Crippen LogP contribution in [0.4, 0.5) is 0 Å². The molecule has 0 aromatic heterocycles. The zero-order valence-corrected chi connectivity index (χ0v) is 24.9. The van der Waals surface area contributed by atoms with Crippen LogP contribution in [-0.2, 0) is 26.9 Å². The Morgan fingerprint density at radius 1 is 0.500 bits per heavy atom. The molecule has 20 heavy (non-hydrogen) atoms. The monoisotopic (exact) mass is 416 g/mol. The van der Waals surface area contributed by atoms with Crippen LogP contribution in [0.2, 0.25) is 0 Å². The molecule has 0 fully saturated rings. The predicted molar refractivity (Wildman–Crippen MR) is 34.5 cm³/mol. The Morgan fingerprint density at radius 2 is 0.600 bits per heavy atom. The van der Waals surface area contributed by atoms with Crippen molar-refractivity contribution < 1.29 is 200 Å². The molecule has 0 bridgehead atoms. The standard InChI is InChI=1S/5Na.2O5P2.H2O/c;;;;;2*1-6(2)5-7(3)4;/h;;;;;;;1H2/q5*+1;;;/p-1. The maximum atomic E-state index is 9.24.